The predicted octanol–water partition coefficient (Wildman–Crippen LogP) is 2.54. The van der Waals surface area contributed by atoms with Crippen LogP contribution in [0.1, 0.15) is 31.3 Å². The molecule has 0 saturated carbocycles. The van der Waals surface area contributed by atoms with Gasteiger partial charge in [-0.3, -0.25) is 4.79 Å². The van der Waals surface area contributed by atoms with Gasteiger partial charge in [0.1, 0.15) is 5.82 Å². The monoisotopic (exact) mass is 340 g/mol. The molecule has 1 atom stereocenters. The Morgan fingerprint density at radius 2 is 1.96 bits per heavy atom. The van der Waals surface area contributed by atoms with E-state index in [1.165, 1.54) is 16.8 Å². The Labute approximate surface area is 141 Å². The van der Waals surface area contributed by atoms with E-state index in [0.29, 0.717) is 17.9 Å². The molecule has 1 aromatic carbocycles. The molecule has 0 bridgehead atoms. The van der Waals surface area contributed by atoms with Gasteiger partial charge in [0.15, 0.2) is 5.69 Å². The molecule has 0 radical (unpaired) electrons. The van der Waals surface area contributed by atoms with Crippen LogP contribution in [0.15, 0.2) is 36.5 Å². The van der Waals surface area contributed by atoms with Crippen molar-refractivity contribution in [3.8, 4) is 5.69 Å². The summed E-state index contributed by atoms with van der Waals surface area (Å²) in [5.41, 5.74) is 6.26. The highest BCUT2D eigenvalue weighted by molar-refractivity contribution is 5.92. The van der Waals surface area contributed by atoms with Crippen LogP contribution < -0.4 is 11.1 Å². The van der Waals surface area contributed by atoms with Gasteiger partial charge in [-0.25, -0.2) is 9.07 Å². The molecule has 1 amide bonds. The highest BCUT2D eigenvalue weighted by Crippen LogP contribution is 2.16. The number of carbonyl (C=O) groups excluding carboxylic acids is 1. The van der Waals surface area contributed by atoms with Crippen LogP contribution in [0.2, 0.25) is 0 Å². The second-order valence-corrected chi connectivity index (χ2v) is 5.85. The van der Waals surface area contributed by atoms with Gasteiger partial charge in [0.25, 0.3) is 5.91 Å². The van der Waals surface area contributed by atoms with E-state index in [9.17, 15) is 9.18 Å². The summed E-state index contributed by atoms with van der Waals surface area (Å²) in [4.78, 5) is 12.3. The van der Waals surface area contributed by atoms with Crippen LogP contribution in [-0.2, 0) is 0 Å². The zero-order valence-electron chi connectivity index (χ0n) is 13.4. The molecule has 0 aliphatic heterocycles. The maximum atomic E-state index is 12.9. The Hall–Kier alpha value is -1.92. The molecule has 1 heterocycles. The fraction of sp³-hybridized carbons (Fsp3) is 0.375. The lowest BCUT2D eigenvalue weighted by molar-refractivity contribution is 0.0877. The fourth-order valence-electron chi connectivity index (χ4n) is 1.94. The molecule has 2 rings (SSSR count). The minimum Gasteiger partial charge on any atom is -0.344 e. The van der Waals surface area contributed by atoms with Crippen LogP contribution in [0.3, 0.4) is 0 Å². The van der Waals surface area contributed by atoms with Crippen molar-refractivity contribution in [1.82, 2.24) is 15.1 Å². The predicted molar refractivity (Wildman–Crippen MR) is 90.5 cm³/mol. The van der Waals surface area contributed by atoms with Crippen LogP contribution in [-0.4, -0.2) is 27.8 Å². The highest BCUT2D eigenvalue weighted by Gasteiger charge is 2.29. The minimum absolute atomic E-state index is 0. The lowest BCUT2D eigenvalue weighted by atomic mass is 9.88. The summed E-state index contributed by atoms with van der Waals surface area (Å²) in [6.45, 7) is 6.26. The quantitative estimate of drug-likeness (QED) is 0.878. The Kier molecular flexibility index (Phi) is 6.29. The van der Waals surface area contributed by atoms with Crippen molar-refractivity contribution in [1.29, 1.82) is 0 Å². The van der Waals surface area contributed by atoms with E-state index in [0.717, 1.165) is 0 Å². The SMILES string of the molecule is CC(C)C(C)(CN)NC(=O)c1ccn(-c2ccc(F)cc2)n1.Cl. The Bertz CT molecular complexity index is 656. The van der Waals surface area contributed by atoms with Gasteiger partial charge in [0.05, 0.1) is 11.2 Å². The average Bonchev–Trinajstić information content (AvgIpc) is 2.97. The van der Waals surface area contributed by atoms with E-state index in [2.05, 4.69) is 10.4 Å². The normalized spacial score (nSPS) is 13.3. The van der Waals surface area contributed by atoms with Crippen molar-refractivity contribution in [2.45, 2.75) is 26.3 Å². The second kappa shape index (κ2) is 7.57. The molecule has 0 aliphatic rings. The summed E-state index contributed by atoms with van der Waals surface area (Å²) in [6, 6.07) is 7.52. The van der Waals surface area contributed by atoms with Gasteiger partial charge in [-0.2, -0.15) is 5.10 Å². The number of halogens is 2. The number of hydrogen-bond acceptors (Lipinski definition) is 3. The summed E-state index contributed by atoms with van der Waals surface area (Å²) < 4.78 is 14.5. The number of nitrogens with zero attached hydrogens (tertiary/aromatic N) is 2. The molecular weight excluding hydrogens is 319 g/mol. The maximum absolute atomic E-state index is 12.9. The summed E-state index contributed by atoms with van der Waals surface area (Å²) in [5.74, 6) is -0.396. The first-order valence-corrected chi connectivity index (χ1v) is 7.20. The molecule has 1 aromatic heterocycles. The summed E-state index contributed by atoms with van der Waals surface area (Å²) in [5, 5.41) is 7.16. The number of amides is 1. The summed E-state index contributed by atoms with van der Waals surface area (Å²) in [6.07, 6.45) is 1.66. The van der Waals surface area contributed by atoms with Crippen LogP contribution in [0.5, 0.6) is 0 Å². The third kappa shape index (κ3) is 4.30. The number of nitrogens with one attached hydrogen (secondary N) is 1. The van der Waals surface area contributed by atoms with Gasteiger partial charge < -0.3 is 11.1 Å². The first-order valence-electron chi connectivity index (χ1n) is 7.20. The van der Waals surface area contributed by atoms with Crippen LogP contribution >= 0.6 is 12.4 Å². The first-order chi connectivity index (χ1) is 10.4. The lowest BCUT2D eigenvalue weighted by Crippen LogP contribution is -2.55. The maximum Gasteiger partial charge on any atom is 0.272 e. The molecule has 0 fully saturated rings. The van der Waals surface area contributed by atoms with Gasteiger partial charge in [0, 0.05) is 12.7 Å². The molecule has 0 spiro atoms. The van der Waals surface area contributed by atoms with Crippen LogP contribution in [0, 0.1) is 11.7 Å². The zero-order valence-corrected chi connectivity index (χ0v) is 14.2. The topological polar surface area (TPSA) is 72.9 Å². The molecule has 7 heteroatoms. The van der Waals surface area contributed by atoms with E-state index in [-0.39, 0.29) is 30.0 Å². The molecule has 23 heavy (non-hydrogen) atoms. The largest absolute Gasteiger partial charge is 0.344 e. The second-order valence-electron chi connectivity index (χ2n) is 5.85. The highest BCUT2D eigenvalue weighted by atomic mass is 35.5. The number of hydrogen-bond donors (Lipinski definition) is 2. The number of nitrogens with two attached hydrogens (primary N) is 1. The summed E-state index contributed by atoms with van der Waals surface area (Å²) >= 11 is 0. The summed E-state index contributed by atoms with van der Waals surface area (Å²) in [7, 11) is 0. The van der Waals surface area contributed by atoms with E-state index in [1.807, 2.05) is 20.8 Å². The van der Waals surface area contributed by atoms with Crippen molar-refractivity contribution in [3.05, 3.63) is 48.0 Å². The van der Waals surface area contributed by atoms with Gasteiger partial charge in [-0.1, -0.05) is 13.8 Å². The molecular formula is C16H22ClFN4O. The van der Waals surface area contributed by atoms with E-state index in [4.69, 9.17) is 5.73 Å². The van der Waals surface area contributed by atoms with Crippen molar-refractivity contribution in [2.75, 3.05) is 6.54 Å². The molecule has 1 unspecified atom stereocenters. The standard InChI is InChI=1S/C16H21FN4O.ClH/c1-11(2)16(3,10-18)19-15(22)14-8-9-21(20-14)13-6-4-12(17)5-7-13;/h4-9,11H,10,18H2,1-3H3,(H,19,22);1H. The van der Waals surface area contributed by atoms with Gasteiger partial charge >= 0.3 is 0 Å². The zero-order chi connectivity index (χ0) is 16.3. The van der Waals surface area contributed by atoms with Crippen molar-refractivity contribution in [2.24, 2.45) is 11.7 Å². The van der Waals surface area contributed by atoms with E-state index < -0.39 is 5.54 Å². The third-order valence-electron chi connectivity index (χ3n) is 4.01. The van der Waals surface area contributed by atoms with E-state index >= 15 is 0 Å². The van der Waals surface area contributed by atoms with Crippen LogP contribution in [0.25, 0.3) is 5.69 Å². The van der Waals surface area contributed by atoms with Crippen molar-refractivity contribution >= 4 is 18.3 Å². The number of rotatable bonds is 5. The molecule has 0 saturated heterocycles. The number of carbonyl (C=O) groups is 1. The molecule has 2 aromatic rings. The van der Waals surface area contributed by atoms with E-state index in [1.54, 1.807) is 24.4 Å². The Morgan fingerprint density at radius 1 is 1.35 bits per heavy atom. The third-order valence-corrected chi connectivity index (χ3v) is 4.01. The molecule has 126 valence electrons. The number of aromatic nitrogens is 2. The van der Waals surface area contributed by atoms with Crippen LogP contribution in [0.4, 0.5) is 4.39 Å². The van der Waals surface area contributed by atoms with Crippen molar-refractivity contribution in [3.63, 3.8) is 0 Å². The molecule has 5 nitrogen and oxygen atoms in total. The number of benzene rings is 1. The van der Waals surface area contributed by atoms with Gasteiger partial charge in [-0.05, 0) is 43.2 Å². The molecule has 3 N–H and O–H groups in total. The lowest BCUT2D eigenvalue weighted by Gasteiger charge is -2.33. The Balaban J connectivity index is 0.00000264. The van der Waals surface area contributed by atoms with Crippen molar-refractivity contribution < 1.29 is 9.18 Å². The smallest absolute Gasteiger partial charge is 0.272 e. The average molecular weight is 341 g/mol. The molecule has 0 aliphatic carbocycles. The first kappa shape index (κ1) is 19.1. The Morgan fingerprint density at radius 3 is 2.48 bits per heavy atom. The minimum atomic E-state index is -0.489. The fourth-order valence-corrected chi connectivity index (χ4v) is 1.94. The van der Waals surface area contributed by atoms with Gasteiger partial charge in [0.2, 0.25) is 0 Å². The van der Waals surface area contributed by atoms with Gasteiger partial charge in [-0.15, -0.1) is 12.4 Å².